The van der Waals surface area contributed by atoms with Crippen LogP contribution in [0, 0.1) is 6.92 Å². The zero-order valence-electron chi connectivity index (χ0n) is 14.2. The van der Waals surface area contributed by atoms with Crippen molar-refractivity contribution in [1.82, 2.24) is 0 Å². The maximum Gasteiger partial charge on any atom is 0.137 e. The van der Waals surface area contributed by atoms with Gasteiger partial charge in [0.15, 0.2) is 0 Å². The molecule has 1 N–H and O–H groups in total. The first-order chi connectivity index (χ1) is 12.7. The van der Waals surface area contributed by atoms with Crippen LogP contribution in [-0.4, -0.2) is 0 Å². The monoisotopic (exact) mass is 360 g/mol. The second-order valence-electron chi connectivity index (χ2n) is 6.09. The molecule has 1 heterocycles. The lowest BCUT2D eigenvalue weighted by molar-refractivity contribution is 0.618. The quantitative estimate of drug-likeness (QED) is 0.456. The fourth-order valence-electron chi connectivity index (χ4n) is 2.76. The van der Waals surface area contributed by atoms with Gasteiger partial charge in [-0.05, 0) is 61.0 Å². The molecule has 0 fully saturated rings. The molecule has 3 nitrogen and oxygen atoms in total. The second kappa shape index (κ2) is 7.06. The zero-order valence-corrected chi connectivity index (χ0v) is 15.0. The highest BCUT2D eigenvalue weighted by molar-refractivity contribution is 6.30. The van der Waals surface area contributed by atoms with Crippen LogP contribution in [0.1, 0.15) is 5.56 Å². The summed E-state index contributed by atoms with van der Waals surface area (Å²) < 4.78 is 6.13. The number of halogens is 1. The number of hydrogen-bond donors (Lipinski definition) is 1. The van der Waals surface area contributed by atoms with Gasteiger partial charge in [-0.3, -0.25) is 5.43 Å². The maximum atomic E-state index is 6.13. The Kier molecular flexibility index (Phi) is 4.46. The summed E-state index contributed by atoms with van der Waals surface area (Å²) in [6, 6.07) is 25.5. The number of hydrogen-bond acceptors (Lipinski definition) is 3. The Bertz CT molecular complexity index is 1120. The van der Waals surface area contributed by atoms with Crippen LogP contribution in [0.4, 0.5) is 5.69 Å². The fraction of sp³-hybridized carbons (Fsp3) is 0.0455. The van der Waals surface area contributed by atoms with Crippen LogP contribution >= 0.6 is 11.6 Å². The van der Waals surface area contributed by atoms with E-state index in [0.717, 1.165) is 38.9 Å². The topological polar surface area (TPSA) is 37.5 Å². The molecule has 128 valence electrons. The van der Waals surface area contributed by atoms with Crippen molar-refractivity contribution in [1.29, 1.82) is 0 Å². The molecule has 26 heavy (non-hydrogen) atoms. The summed E-state index contributed by atoms with van der Waals surface area (Å²) in [7, 11) is 0. The average molecular weight is 361 g/mol. The molecule has 3 aromatic carbocycles. The highest BCUT2D eigenvalue weighted by Crippen LogP contribution is 2.24. The third kappa shape index (κ3) is 3.48. The highest BCUT2D eigenvalue weighted by Gasteiger charge is 2.06. The Labute approximate surface area is 156 Å². The summed E-state index contributed by atoms with van der Waals surface area (Å²) in [6.07, 6.45) is 0. The van der Waals surface area contributed by atoms with E-state index < -0.39 is 0 Å². The predicted octanol–water partition coefficient (Wildman–Crippen LogP) is 5.99. The Morgan fingerprint density at radius 1 is 0.885 bits per heavy atom. The molecule has 0 unspecified atom stereocenters. The first-order valence-corrected chi connectivity index (χ1v) is 8.72. The zero-order chi connectivity index (χ0) is 17.9. The van der Waals surface area contributed by atoms with E-state index in [9.17, 15) is 0 Å². The lowest BCUT2D eigenvalue weighted by atomic mass is 10.1. The van der Waals surface area contributed by atoms with Crippen LogP contribution in [0.5, 0.6) is 0 Å². The third-order valence-electron chi connectivity index (χ3n) is 4.11. The van der Waals surface area contributed by atoms with E-state index in [1.807, 2.05) is 79.7 Å². The number of anilines is 1. The second-order valence-corrected chi connectivity index (χ2v) is 6.53. The minimum atomic E-state index is 0.695. The lowest BCUT2D eigenvalue weighted by Crippen LogP contribution is -2.07. The minimum absolute atomic E-state index is 0.695. The van der Waals surface area contributed by atoms with Gasteiger partial charge in [-0.25, -0.2) is 0 Å². The summed E-state index contributed by atoms with van der Waals surface area (Å²) >= 11 is 6.00. The Balaban J connectivity index is 1.88. The van der Waals surface area contributed by atoms with E-state index in [1.165, 1.54) is 0 Å². The highest BCUT2D eigenvalue weighted by atomic mass is 35.5. The van der Waals surface area contributed by atoms with Crippen molar-refractivity contribution in [2.45, 2.75) is 6.92 Å². The van der Waals surface area contributed by atoms with Crippen molar-refractivity contribution in [3.05, 3.63) is 94.8 Å². The van der Waals surface area contributed by atoms with Gasteiger partial charge in [0.2, 0.25) is 0 Å². The number of fused-ring (bicyclic) bond motifs is 1. The number of para-hydroxylation sites is 1. The van der Waals surface area contributed by atoms with Crippen LogP contribution in [0.25, 0.3) is 22.3 Å². The van der Waals surface area contributed by atoms with Crippen molar-refractivity contribution in [2.24, 2.45) is 5.10 Å². The molecule has 0 aliphatic heterocycles. The first kappa shape index (κ1) is 16.4. The van der Waals surface area contributed by atoms with E-state index in [1.54, 1.807) is 0 Å². The molecule has 0 bridgehead atoms. The molecule has 0 aliphatic rings. The predicted molar refractivity (Wildman–Crippen MR) is 107 cm³/mol. The Hall–Kier alpha value is -3.04. The molecule has 0 saturated heterocycles. The van der Waals surface area contributed by atoms with E-state index >= 15 is 0 Å². The summed E-state index contributed by atoms with van der Waals surface area (Å²) in [5.74, 6) is 0.744. The molecule has 0 amide bonds. The first-order valence-electron chi connectivity index (χ1n) is 8.34. The maximum absolute atomic E-state index is 6.13. The van der Waals surface area contributed by atoms with Crippen molar-refractivity contribution in [3.8, 4) is 11.3 Å². The van der Waals surface area contributed by atoms with Gasteiger partial charge in [-0.1, -0.05) is 35.9 Å². The fourth-order valence-corrected chi connectivity index (χ4v) is 2.89. The third-order valence-corrected chi connectivity index (χ3v) is 4.36. The summed E-state index contributed by atoms with van der Waals surface area (Å²) in [4.78, 5) is 0. The van der Waals surface area contributed by atoms with Gasteiger partial charge in [0, 0.05) is 22.0 Å². The van der Waals surface area contributed by atoms with Gasteiger partial charge < -0.3 is 4.42 Å². The van der Waals surface area contributed by atoms with Crippen molar-refractivity contribution in [2.75, 3.05) is 5.43 Å². The molecule has 4 rings (SSSR count). The van der Waals surface area contributed by atoms with Crippen LogP contribution in [0.3, 0.4) is 0 Å². The SMILES string of the molecule is Cc1ccc2/c(=N/Nc3ccccc3)cc(-c3ccc(Cl)cc3)oc2c1. The van der Waals surface area contributed by atoms with Crippen molar-refractivity contribution < 1.29 is 4.42 Å². The van der Waals surface area contributed by atoms with Crippen LogP contribution in [0.15, 0.2) is 88.4 Å². The molecule has 0 saturated carbocycles. The Morgan fingerprint density at radius 3 is 2.42 bits per heavy atom. The van der Waals surface area contributed by atoms with Gasteiger partial charge in [0.05, 0.1) is 11.0 Å². The number of rotatable bonds is 3. The number of benzene rings is 3. The number of nitrogens with one attached hydrogen (secondary N) is 1. The largest absolute Gasteiger partial charge is 0.456 e. The number of aryl methyl sites for hydroxylation is 1. The standard InChI is InChI=1S/C22H17ClN2O/c1-15-7-12-19-20(25-24-18-5-3-2-4-6-18)14-21(26-22(19)13-15)16-8-10-17(23)11-9-16/h2-14,24H,1H3/b25-20+. The number of nitrogens with zero attached hydrogens (tertiary/aromatic N) is 1. The molecule has 4 heteroatoms. The van der Waals surface area contributed by atoms with Gasteiger partial charge in [0.1, 0.15) is 11.3 Å². The summed E-state index contributed by atoms with van der Waals surface area (Å²) in [5, 5.41) is 7.07. The molecular formula is C22H17ClN2O. The van der Waals surface area contributed by atoms with Crippen LogP contribution in [0.2, 0.25) is 5.02 Å². The molecule has 4 aromatic rings. The molecule has 0 atom stereocenters. The van der Waals surface area contributed by atoms with Crippen LogP contribution in [-0.2, 0) is 0 Å². The summed E-state index contributed by atoms with van der Waals surface area (Å²) in [5.41, 5.74) is 6.94. The molecule has 1 aromatic heterocycles. The molecule has 0 aliphatic carbocycles. The van der Waals surface area contributed by atoms with E-state index in [4.69, 9.17) is 16.0 Å². The van der Waals surface area contributed by atoms with E-state index in [-0.39, 0.29) is 0 Å². The summed E-state index contributed by atoms with van der Waals surface area (Å²) in [6.45, 7) is 2.04. The average Bonchev–Trinajstić information content (AvgIpc) is 2.67. The van der Waals surface area contributed by atoms with Crippen molar-refractivity contribution in [3.63, 3.8) is 0 Å². The van der Waals surface area contributed by atoms with Gasteiger partial charge in [0.25, 0.3) is 0 Å². The van der Waals surface area contributed by atoms with Gasteiger partial charge in [-0.15, -0.1) is 0 Å². The Morgan fingerprint density at radius 2 is 1.65 bits per heavy atom. The molecule has 0 spiro atoms. The van der Waals surface area contributed by atoms with Gasteiger partial charge >= 0.3 is 0 Å². The van der Waals surface area contributed by atoms with E-state index in [2.05, 4.69) is 16.6 Å². The van der Waals surface area contributed by atoms with Gasteiger partial charge in [-0.2, -0.15) is 5.10 Å². The normalized spacial score (nSPS) is 11.7. The lowest BCUT2D eigenvalue weighted by Gasteiger charge is -2.06. The smallest absolute Gasteiger partial charge is 0.137 e. The molecular weight excluding hydrogens is 344 g/mol. The van der Waals surface area contributed by atoms with E-state index in [0.29, 0.717) is 5.02 Å². The van der Waals surface area contributed by atoms with Crippen LogP contribution < -0.4 is 10.8 Å². The molecule has 0 radical (unpaired) electrons. The van der Waals surface area contributed by atoms with Crippen molar-refractivity contribution >= 4 is 28.3 Å². The minimum Gasteiger partial charge on any atom is -0.456 e.